The standard InChI is InChI=1S/C9H9N3/c1-2-7-6-11-9-8(12-7)4-3-5-10-9/h3-6H,2H2,1H3. The van der Waals surface area contributed by atoms with E-state index in [0.717, 1.165) is 23.3 Å². The summed E-state index contributed by atoms with van der Waals surface area (Å²) in [5.74, 6) is 0. The molecule has 0 fully saturated rings. The summed E-state index contributed by atoms with van der Waals surface area (Å²) in [6, 6.07) is 3.80. The summed E-state index contributed by atoms with van der Waals surface area (Å²) in [6.07, 6.45) is 4.41. The van der Waals surface area contributed by atoms with Gasteiger partial charge in [0.2, 0.25) is 0 Å². The maximum atomic E-state index is 4.37. The molecule has 0 aliphatic heterocycles. The molecular weight excluding hydrogens is 150 g/mol. The number of aromatic nitrogens is 3. The van der Waals surface area contributed by atoms with Gasteiger partial charge in [-0.3, -0.25) is 0 Å². The van der Waals surface area contributed by atoms with Crippen LogP contribution in [0.1, 0.15) is 12.6 Å². The fraction of sp³-hybridized carbons (Fsp3) is 0.222. The number of pyridine rings is 1. The van der Waals surface area contributed by atoms with Gasteiger partial charge >= 0.3 is 0 Å². The highest BCUT2D eigenvalue weighted by atomic mass is 14.9. The second kappa shape index (κ2) is 2.85. The van der Waals surface area contributed by atoms with Crippen molar-refractivity contribution in [3.05, 3.63) is 30.2 Å². The van der Waals surface area contributed by atoms with Gasteiger partial charge in [-0.15, -0.1) is 0 Å². The van der Waals surface area contributed by atoms with Crippen molar-refractivity contribution < 1.29 is 0 Å². The van der Waals surface area contributed by atoms with Crippen LogP contribution in [0.2, 0.25) is 0 Å². The van der Waals surface area contributed by atoms with Crippen LogP contribution < -0.4 is 0 Å². The Balaban J connectivity index is 2.67. The molecule has 2 heterocycles. The molecule has 0 bridgehead atoms. The van der Waals surface area contributed by atoms with Gasteiger partial charge in [-0.1, -0.05) is 6.92 Å². The Bertz CT molecular complexity index is 398. The molecule has 0 radical (unpaired) electrons. The zero-order valence-corrected chi connectivity index (χ0v) is 6.86. The van der Waals surface area contributed by atoms with E-state index < -0.39 is 0 Å². The van der Waals surface area contributed by atoms with E-state index in [4.69, 9.17) is 0 Å². The van der Waals surface area contributed by atoms with Crippen LogP contribution >= 0.6 is 0 Å². The number of aryl methyl sites for hydroxylation is 1. The largest absolute Gasteiger partial charge is 0.248 e. The van der Waals surface area contributed by atoms with Gasteiger partial charge in [-0.2, -0.15) is 0 Å². The third-order valence-electron chi connectivity index (χ3n) is 1.73. The van der Waals surface area contributed by atoms with Crippen LogP contribution in [0.15, 0.2) is 24.5 Å². The summed E-state index contributed by atoms with van der Waals surface area (Å²) in [7, 11) is 0. The Morgan fingerprint density at radius 3 is 3.08 bits per heavy atom. The van der Waals surface area contributed by atoms with Gasteiger partial charge in [0.25, 0.3) is 0 Å². The summed E-state index contributed by atoms with van der Waals surface area (Å²) in [5.41, 5.74) is 2.60. The van der Waals surface area contributed by atoms with E-state index in [2.05, 4.69) is 21.9 Å². The first kappa shape index (κ1) is 7.16. The SMILES string of the molecule is CCc1cnc2ncccc2n1. The molecule has 3 nitrogen and oxygen atoms in total. The highest BCUT2D eigenvalue weighted by molar-refractivity contribution is 5.68. The van der Waals surface area contributed by atoms with Gasteiger partial charge in [-0.25, -0.2) is 15.0 Å². The van der Waals surface area contributed by atoms with Crippen LogP contribution in [0.5, 0.6) is 0 Å². The van der Waals surface area contributed by atoms with Gasteiger partial charge in [0.05, 0.1) is 11.9 Å². The molecule has 2 aromatic heterocycles. The molecule has 0 aliphatic rings. The van der Waals surface area contributed by atoms with Crippen molar-refractivity contribution in [1.29, 1.82) is 0 Å². The number of hydrogen-bond acceptors (Lipinski definition) is 3. The van der Waals surface area contributed by atoms with Crippen molar-refractivity contribution in [3.63, 3.8) is 0 Å². The van der Waals surface area contributed by atoms with Crippen LogP contribution in [-0.4, -0.2) is 15.0 Å². The minimum absolute atomic E-state index is 0.717. The summed E-state index contributed by atoms with van der Waals surface area (Å²) in [4.78, 5) is 12.6. The van der Waals surface area contributed by atoms with Gasteiger partial charge in [0, 0.05) is 6.20 Å². The highest BCUT2D eigenvalue weighted by Crippen LogP contribution is 2.05. The van der Waals surface area contributed by atoms with E-state index in [1.54, 1.807) is 12.4 Å². The molecule has 0 amide bonds. The average molecular weight is 159 g/mol. The van der Waals surface area contributed by atoms with E-state index in [1.165, 1.54) is 0 Å². The normalized spacial score (nSPS) is 10.4. The number of rotatable bonds is 1. The van der Waals surface area contributed by atoms with Gasteiger partial charge in [0.15, 0.2) is 5.65 Å². The molecule has 60 valence electrons. The van der Waals surface area contributed by atoms with Crippen molar-refractivity contribution in [3.8, 4) is 0 Å². The fourth-order valence-corrected chi connectivity index (χ4v) is 1.06. The van der Waals surface area contributed by atoms with Crippen molar-refractivity contribution in [1.82, 2.24) is 15.0 Å². The highest BCUT2D eigenvalue weighted by Gasteiger charge is 1.96. The van der Waals surface area contributed by atoms with Crippen LogP contribution in [-0.2, 0) is 6.42 Å². The van der Waals surface area contributed by atoms with Crippen LogP contribution in [0, 0.1) is 0 Å². The number of hydrogen-bond donors (Lipinski definition) is 0. The molecule has 0 saturated carbocycles. The predicted molar refractivity (Wildman–Crippen MR) is 46.7 cm³/mol. The molecule has 0 atom stereocenters. The van der Waals surface area contributed by atoms with Crippen LogP contribution in [0.3, 0.4) is 0 Å². The molecule has 2 aromatic rings. The summed E-state index contributed by atoms with van der Waals surface area (Å²) >= 11 is 0. The summed E-state index contributed by atoms with van der Waals surface area (Å²) in [5, 5.41) is 0. The Morgan fingerprint density at radius 1 is 1.33 bits per heavy atom. The molecular formula is C9H9N3. The molecule has 0 unspecified atom stereocenters. The summed E-state index contributed by atoms with van der Waals surface area (Å²) in [6.45, 7) is 2.06. The van der Waals surface area contributed by atoms with Crippen molar-refractivity contribution in [2.75, 3.05) is 0 Å². The van der Waals surface area contributed by atoms with Crippen LogP contribution in [0.25, 0.3) is 11.2 Å². The first-order valence-electron chi connectivity index (χ1n) is 3.97. The lowest BCUT2D eigenvalue weighted by Crippen LogP contribution is -1.91. The molecule has 0 saturated heterocycles. The second-order valence-electron chi connectivity index (χ2n) is 2.56. The Kier molecular flexibility index (Phi) is 1.70. The van der Waals surface area contributed by atoms with Gasteiger partial charge in [-0.05, 0) is 18.6 Å². The lowest BCUT2D eigenvalue weighted by Gasteiger charge is -1.96. The minimum Gasteiger partial charge on any atom is -0.248 e. The van der Waals surface area contributed by atoms with E-state index in [-0.39, 0.29) is 0 Å². The monoisotopic (exact) mass is 159 g/mol. The lowest BCUT2D eigenvalue weighted by molar-refractivity contribution is 1.02. The molecule has 3 heteroatoms. The Labute approximate surface area is 70.5 Å². The molecule has 12 heavy (non-hydrogen) atoms. The second-order valence-corrected chi connectivity index (χ2v) is 2.56. The minimum atomic E-state index is 0.717. The molecule has 0 aromatic carbocycles. The lowest BCUT2D eigenvalue weighted by atomic mass is 10.3. The van der Waals surface area contributed by atoms with Gasteiger partial charge in [0.1, 0.15) is 5.52 Å². The first-order chi connectivity index (χ1) is 5.90. The third kappa shape index (κ3) is 1.13. The maximum absolute atomic E-state index is 4.37. The van der Waals surface area contributed by atoms with Crippen molar-refractivity contribution in [2.24, 2.45) is 0 Å². The van der Waals surface area contributed by atoms with Gasteiger partial charge < -0.3 is 0 Å². The zero-order valence-electron chi connectivity index (χ0n) is 6.86. The topological polar surface area (TPSA) is 38.7 Å². The maximum Gasteiger partial charge on any atom is 0.178 e. The van der Waals surface area contributed by atoms with E-state index in [1.807, 2.05) is 12.1 Å². The third-order valence-corrected chi connectivity index (χ3v) is 1.73. The fourth-order valence-electron chi connectivity index (χ4n) is 1.06. The number of fused-ring (bicyclic) bond motifs is 1. The zero-order chi connectivity index (χ0) is 8.39. The van der Waals surface area contributed by atoms with Crippen molar-refractivity contribution >= 4 is 11.2 Å². The molecule has 0 spiro atoms. The number of nitrogens with zero attached hydrogens (tertiary/aromatic N) is 3. The van der Waals surface area contributed by atoms with E-state index in [0.29, 0.717) is 0 Å². The Morgan fingerprint density at radius 2 is 2.25 bits per heavy atom. The van der Waals surface area contributed by atoms with E-state index >= 15 is 0 Å². The quantitative estimate of drug-likeness (QED) is 0.634. The predicted octanol–water partition coefficient (Wildman–Crippen LogP) is 1.59. The Hall–Kier alpha value is -1.51. The van der Waals surface area contributed by atoms with Crippen molar-refractivity contribution in [2.45, 2.75) is 13.3 Å². The smallest absolute Gasteiger partial charge is 0.178 e. The summed E-state index contributed by atoms with van der Waals surface area (Å²) < 4.78 is 0. The average Bonchev–Trinajstić information content (AvgIpc) is 2.17. The molecule has 2 rings (SSSR count). The van der Waals surface area contributed by atoms with E-state index in [9.17, 15) is 0 Å². The van der Waals surface area contributed by atoms with Crippen LogP contribution in [0.4, 0.5) is 0 Å². The molecule has 0 N–H and O–H groups in total. The first-order valence-corrected chi connectivity index (χ1v) is 3.97. The molecule has 0 aliphatic carbocycles.